The number of fused-ring (bicyclic) bond motifs is 10. The Morgan fingerprint density at radius 2 is 1.38 bits per heavy atom. The van der Waals surface area contributed by atoms with Crippen LogP contribution in [0.15, 0.2) is 163 Å². The van der Waals surface area contributed by atoms with Gasteiger partial charge in [-0.15, -0.1) is 11.3 Å². The van der Waals surface area contributed by atoms with Crippen LogP contribution in [-0.4, -0.2) is 9.13 Å². The summed E-state index contributed by atoms with van der Waals surface area (Å²) in [7, 11) is 0. The van der Waals surface area contributed by atoms with E-state index in [0.29, 0.717) is 5.92 Å². The maximum atomic E-state index is 2.53. The summed E-state index contributed by atoms with van der Waals surface area (Å²) < 4.78 is 7.82. The fourth-order valence-corrected chi connectivity index (χ4v) is 10.8. The summed E-state index contributed by atoms with van der Waals surface area (Å²) >= 11 is 1.93. The Morgan fingerprint density at radius 3 is 2.28 bits per heavy atom. The Bertz CT molecular complexity index is 3130. The second kappa shape index (κ2) is 11.2. The molecule has 1 aliphatic heterocycles. The first kappa shape index (κ1) is 29.4. The van der Waals surface area contributed by atoms with E-state index in [1.807, 2.05) is 11.3 Å². The number of hydrogen-bond acceptors (Lipinski definition) is 1. The van der Waals surface area contributed by atoms with Crippen LogP contribution >= 0.6 is 11.3 Å². The maximum Gasteiger partial charge on any atom is 0.0574 e. The van der Waals surface area contributed by atoms with Gasteiger partial charge in [0.25, 0.3) is 0 Å². The monoisotopic (exact) mass is 694 g/mol. The second-order valence-electron chi connectivity index (χ2n) is 14.8. The number of allylic oxidation sites excluding steroid dienone is 7. The molecule has 3 heteroatoms. The summed E-state index contributed by atoms with van der Waals surface area (Å²) in [4.78, 5) is 0. The highest BCUT2D eigenvalue weighted by atomic mass is 32.1. The maximum absolute atomic E-state index is 2.53. The van der Waals surface area contributed by atoms with Crippen LogP contribution in [0.25, 0.3) is 81.3 Å². The Labute approximate surface area is 311 Å². The highest BCUT2D eigenvalue weighted by Gasteiger charge is 2.27. The molecule has 0 radical (unpaired) electrons. The van der Waals surface area contributed by atoms with E-state index in [0.717, 1.165) is 19.4 Å². The van der Waals surface area contributed by atoms with Crippen LogP contribution in [0.2, 0.25) is 0 Å². The number of benzene rings is 6. The zero-order valence-corrected chi connectivity index (χ0v) is 29.9. The molecule has 1 unspecified atom stereocenters. The second-order valence-corrected chi connectivity index (χ2v) is 15.8. The molecule has 250 valence electrons. The third kappa shape index (κ3) is 4.26. The van der Waals surface area contributed by atoms with Gasteiger partial charge in [-0.25, -0.2) is 0 Å². The molecule has 9 aromatic rings. The van der Waals surface area contributed by atoms with Crippen molar-refractivity contribution in [2.75, 3.05) is 0 Å². The highest BCUT2D eigenvalue weighted by Crippen LogP contribution is 2.45. The third-order valence-electron chi connectivity index (χ3n) is 11.9. The van der Waals surface area contributed by atoms with E-state index in [-0.39, 0.29) is 0 Å². The zero-order valence-electron chi connectivity index (χ0n) is 29.1. The van der Waals surface area contributed by atoms with E-state index < -0.39 is 0 Å². The number of aromatic nitrogens is 2. The summed E-state index contributed by atoms with van der Waals surface area (Å²) in [5.74, 6) is 0.305. The standard InChI is InChI=1S/C50H34N2S/c1-2-11-33-30-51-45-18-7-4-14-39(45)44-28-34(27-43(49(44)51)36(33)12-3-1)31-21-24-35(25-22-31)52-46-19-8-5-13-38(46)40-26-23-32(29-47(40)52)37-16-10-17-42-41-15-6-9-20-48(41)53-50(37)42/h2-28,32H,1,29-30H2. The minimum atomic E-state index is 0.305. The molecule has 6 aromatic carbocycles. The van der Waals surface area contributed by atoms with E-state index in [1.54, 1.807) is 0 Å². The van der Waals surface area contributed by atoms with Gasteiger partial charge in [-0.1, -0.05) is 121 Å². The largest absolute Gasteiger partial charge is 0.335 e. The van der Waals surface area contributed by atoms with Crippen LogP contribution < -0.4 is 0 Å². The first-order valence-corrected chi connectivity index (χ1v) is 19.5. The summed E-state index contributed by atoms with van der Waals surface area (Å²) in [6.45, 7) is 0.908. The van der Waals surface area contributed by atoms with Gasteiger partial charge in [-0.2, -0.15) is 0 Å². The minimum absolute atomic E-state index is 0.305. The van der Waals surface area contributed by atoms with E-state index in [9.17, 15) is 0 Å². The first-order valence-electron chi connectivity index (χ1n) is 18.7. The average Bonchev–Trinajstić information content (AvgIpc) is 3.79. The molecule has 2 aliphatic carbocycles. The Kier molecular flexibility index (Phi) is 6.20. The predicted molar refractivity (Wildman–Crippen MR) is 226 cm³/mol. The normalized spacial score (nSPS) is 16.3. The Morgan fingerprint density at radius 1 is 0.604 bits per heavy atom. The molecular formula is C50H34N2S. The van der Waals surface area contributed by atoms with Crippen molar-refractivity contribution in [2.24, 2.45) is 0 Å². The highest BCUT2D eigenvalue weighted by molar-refractivity contribution is 7.26. The number of rotatable bonds is 3. The third-order valence-corrected chi connectivity index (χ3v) is 13.2. The molecule has 0 saturated carbocycles. The topological polar surface area (TPSA) is 9.86 Å². The molecule has 0 amide bonds. The molecular weight excluding hydrogens is 661 g/mol. The van der Waals surface area contributed by atoms with Crippen molar-refractivity contribution < 1.29 is 0 Å². The summed E-state index contributed by atoms with van der Waals surface area (Å²) in [6, 6.07) is 47.7. The van der Waals surface area contributed by atoms with Crippen molar-refractivity contribution in [1.82, 2.24) is 9.13 Å². The van der Waals surface area contributed by atoms with Gasteiger partial charge in [-0.3, -0.25) is 0 Å². The van der Waals surface area contributed by atoms with Crippen molar-refractivity contribution >= 4 is 75.9 Å². The SMILES string of the molecule is C1=CC2=C(C=CC1)c1cc(-c3ccc(-n4c5c(c6ccccc64)C=CC(c4cccc6c4sc4ccccc46)C5)cc3)cc3c4ccccc4n(c13)C2. The van der Waals surface area contributed by atoms with Crippen LogP contribution in [-0.2, 0) is 13.0 Å². The van der Waals surface area contributed by atoms with Gasteiger partial charge in [0.1, 0.15) is 0 Å². The van der Waals surface area contributed by atoms with Crippen LogP contribution in [0, 0.1) is 0 Å². The van der Waals surface area contributed by atoms with Crippen molar-refractivity contribution in [2.45, 2.75) is 25.3 Å². The van der Waals surface area contributed by atoms with Crippen molar-refractivity contribution in [3.8, 4) is 16.8 Å². The Hall–Kier alpha value is -6.16. The van der Waals surface area contributed by atoms with Gasteiger partial charge in [0.05, 0.1) is 11.0 Å². The lowest BCUT2D eigenvalue weighted by Gasteiger charge is -2.22. The summed E-state index contributed by atoms with van der Waals surface area (Å²) in [5.41, 5.74) is 15.9. The molecule has 0 spiro atoms. The van der Waals surface area contributed by atoms with Crippen LogP contribution in [0.1, 0.15) is 34.7 Å². The van der Waals surface area contributed by atoms with Gasteiger partial charge >= 0.3 is 0 Å². The van der Waals surface area contributed by atoms with Crippen molar-refractivity contribution in [1.29, 1.82) is 0 Å². The molecule has 0 fully saturated rings. The van der Waals surface area contributed by atoms with Crippen molar-refractivity contribution in [3.63, 3.8) is 0 Å². The van der Waals surface area contributed by atoms with Gasteiger partial charge in [-0.05, 0) is 83.1 Å². The van der Waals surface area contributed by atoms with E-state index >= 15 is 0 Å². The molecule has 0 bridgehead atoms. The molecule has 53 heavy (non-hydrogen) atoms. The lowest BCUT2D eigenvalue weighted by atomic mass is 9.87. The quantitative estimate of drug-likeness (QED) is 0.174. The predicted octanol–water partition coefficient (Wildman–Crippen LogP) is 13.4. The van der Waals surface area contributed by atoms with Crippen LogP contribution in [0.4, 0.5) is 0 Å². The smallest absolute Gasteiger partial charge is 0.0574 e. The molecule has 12 rings (SSSR count). The van der Waals surface area contributed by atoms with Gasteiger partial charge in [0.15, 0.2) is 0 Å². The van der Waals surface area contributed by atoms with Crippen LogP contribution in [0.3, 0.4) is 0 Å². The molecule has 0 N–H and O–H groups in total. The molecule has 1 atom stereocenters. The zero-order chi connectivity index (χ0) is 34.6. The fourth-order valence-electron chi connectivity index (χ4n) is 9.53. The number of thiophene rings is 1. The lowest BCUT2D eigenvalue weighted by Crippen LogP contribution is -2.10. The first-order chi connectivity index (χ1) is 26.3. The summed E-state index contributed by atoms with van der Waals surface area (Å²) in [6.07, 6.45) is 16.0. The van der Waals surface area contributed by atoms with E-state index in [4.69, 9.17) is 0 Å². The van der Waals surface area contributed by atoms with Gasteiger partial charge in [0.2, 0.25) is 0 Å². The molecule has 4 heterocycles. The van der Waals surface area contributed by atoms with Gasteiger partial charge < -0.3 is 9.13 Å². The molecule has 3 aromatic heterocycles. The van der Waals surface area contributed by atoms with Crippen LogP contribution in [0.5, 0.6) is 0 Å². The number of para-hydroxylation sites is 2. The fraction of sp³-hybridized carbons (Fsp3) is 0.0800. The van der Waals surface area contributed by atoms with Crippen molar-refractivity contribution in [3.05, 3.63) is 186 Å². The van der Waals surface area contributed by atoms with E-state index in [1.165, 1.54) is 103 Å². The number of hydrogen-bond donors (Lipinski definition) is 0. The van der Waals surface area contributed by atoms with E-state index in [2.05, 4.69) is 173 Å². The van der Waals surface area contributed by atoms with Gasteiger partial charge in [0, 0.05) is 76.8 Å². The Balaban J connectivity index is 0.986. The molecule has 0 saturated heterocycles. The average molecular weight is 695 g/mol. The summed E-state index contributed by atoms with van der Waals surface area (Å²) in [5, 5.41) is 6.71. The number of nitrogens with zero attached hydrogens (tertiary/aromatic N) is 2. The minimum Gasteiger partial charge on any atom is -0.335 e. The lowest BCUT2D eigenvalue weighted by molar-refractivity contribution is 0.789. The molecule has 3 aliphatic rings. The molecule has 2 nitrogen and oxygen atoms in total.